The van der Waals surface area contributed by atoms with E-state index in [9.17, 15) is 29.1 Å². The fourth-order valence-corrected chi connectivity index (χ4v) is 10.4. The Kier molecular flexibility index (Phi) is 15.4. The Bertz CT molecular complexity index is 2670. The summed E-state index contributed by atoms with van der Waals surface area (Å²) in [6.07, 6.45) is -0.673. The zero-order valence-electron chi connectivity index (χ0n) is 38.7. The number of halogens is 1. The third-order valence-electron chi connectivity index (χ3n) is 12.0. The number of β-amino-alcohol motifs (C(OH)–C–C–N with tert-alkyl or cyclic N) is 1. The molecule has 7 rings (SSSR count). The highest BCUT2D eigenvalue weighted by Crippen LogP contribution is 2.40. The van der Waals surface area contributed by atoms with Crippen LogP contribution in [0, 0.1) is 33.1 Å². The number of carbonyl (C=O) groups excluding carboxylic acids is 5. The van der Waals surface area contributed by atoms with Crippen LogP contribution in [-0.2, 0) is 30.5 Å². The van der Waals surface area contributed by atoms with Crippen LogP contribution in [0.3, 0.4) is 0 Å². The van der Waals surface area contributed by atoms with E-state index in [1.54, 1.807) is 49.0 Å². The number of nitrogens with zero attached hydrogens (tertiary/aromatic N) is 6. The number of aliphatic hydroxyl groups is 1. The third kappa shape index (κ3) is 11.5. The lowest BCUT2D eigenvalue weighted by Gasteiger charge is -2.35. The lowest BCUT2D eigenvalue weighted by Crippen LogP contribution is -2.57. The zero-order chi connectivity index (χ0) is 48.2. The van der Waals surface area contributed by atoms with Gasteiger partial charge in [-0.3, -0.25) is 33.5 Å². The number of aromatic nitrogens is 4. The molecule has 0 radical (unpaired) electrons. The molecule has 0 aliphatic carbocycles. The predicted octanol–water partition coefficient (Wildman–Crippen LogP) is 5.83. The minimum absolute atomic E-state index is 0.0258. The number of carbonyl (C=O) groups is 5. The fourth-order valence-electron chi connectivity index (χ4n) is 8.25. The predicted molar refractivity (Wildman–Crippen MR) is 259 cm³/mol. The molecule has 2 aliphatic heterocycles. The van der Waals surface area contributed by atoms with Crippen LogP contribution in [0.4, 0.5) is 0 Å². The van der Waals surface area contributed by atoms with Crippen molar-refractivity contribution >= 4 is 69.5 Å². The van der Waals surface area contributed by atoms with Crippen molar-refractivity contribution < 1.29 is 29.1 Å². The Morgan fingerprint density at radius 2 is 1.55 bits per heavy atom. The van der Waals surface area contributed by atoms with Gasteiger partial charge in [-0.2, -0.15) is 0 Å². The van der Waals surface area contributed by atoms with Gasteiger partial charge in [0.25, 0.3) is 0 Å². The molecule has 5 aromatic rings. The minimum Gasteiger partial charge on any atom is -0.391 e. The summed E-state index contributed by atoms with van der Waals surface area (Å²) in [5.41, 5.74) is 7.61. The van der Waals surface area contributed by atoms with E-state index in [1.165, 1.54) is 4.90 Å². The molecule has 4 atom stereocenters. The van der Waals surface area contributed by atoms with Crippen molar-refractivity contribution in [3.63, 3.8) is 0 Å². The number of nitrogens with one attached hydrogen (secondary N) is 4. The van der Waals surface area contributed by atoms with E-state index in [2.05, 4.69) is 50.3 Å². The van der Waals surface area contributed by atoms with Gasteiger partial charge in [0.1, 0.15) is 29.0 Å². The van der Waals surface area contributed by atoms with E-state index in [1.807, 2.05) is 66.9 Å². The van der Waals surface area contributed by atoms with Crippen LogP contribution in [0.2, 0.25) is 5.02 Å². The molecule has 5 heterocycles. The second kappa shape index (κ2) is 21.0. The van der Waals surface area contributed by atoms with Crippen LogP contribution in [-0.4, -0.2) is 103 Å². The smallest absolute Gasteiger partial charge is 0.246 e. The lowest BCUT2D eigenvalue weighted by atomic mass is 9.85. The van der Waals surface area contributed by atoms with Crippen LogP contribution in [0.5, 0.6) is 0 Å². The number of amides is 5. The van der Waals surface area contributed by atoms with Gasteiger partial charge in [-0.25, -0.2) is 4.98 Å². The summed E-state index contributed by atoms with van der Waals surface area (Å²) >= 11 is 9.43. The molecule has 0 saturated carbocycles. The molecule has 1 fully saturated rings. The van der Waals surface area contributed by atoms with Crippen molar-refractivity contribution in [2.24, 2.45) is 10.4 Å². The Balaban J connectivity index is 0.868. The number of thiophene rings is 1. The van der Waals surface area contributed by atoms with E-state index in [0.29, 0.717) is 23.1 Å². The van der Waals surface area contributed by atoms with E-state index in [4.69, 9.17) is 16.6 Å². The van der Waals surface area contributed by atoms with Gasteiger partial charge in [0.2, 0.25) is 29.5 Å². The summed E-state index contributed by atoms with van der Waals surface area (Å²) < 4.78 is 1.99. The number of aryl methyl sites for hydroxylation is 3. The Hall–Kier alpha value is -5.82. The van der Waals surface area contributed by atoms with Gasteiger partial charge in [0.15, 0.2) is 5.82 Å². The molecule has 2 aliphatic rings. The first-order valence-corrected chi connectivity index (χ1v) is 24.4. The monoisotopic (exact) mass is 968 g/mol. The molecule has 0 bridgehead atoms. The quantitative estimate of drug-likeness (QED) is 0.0752. The maximum atomic E-state index is 14.0. The van der Waals surface area contributed by atoms with Gasteiger partial charge in [0.05, 0.1) is 34.3 Å². The van der Waals surface area contributed by atoms with Crippen LogP contribution in [0.1, 0.15) is 103 Å². The van der Waals surface area contributed by atoms with Gasteiger partial charge >= 0.3 is 0 Å². The van der Waals surface area contributed by atoms with Crippen LogP contribution in [0.15, 0.2) is 59.0 Å². The van der Waals surface area contributed by atoms with Crippen molar-refractivity contribution in [3.8, 4) is 15.4 Å². The molecule has 1 saturated heterocycles. The van der Waals surface area contributed by atoms with Crippen LogP contribution < -0.4 is 21.3 Å². The summed E-state index contributed by atoms with van der Waals surface area (Å²) in [5.74, 6) is -0.709. The third-order valence-corrected chi connectivity index (χ3v) is 14.4. The summed E-state index contributed by atoms with van der Waals surface area (Å²) in [5, 5.41) is 32.4. The molecule has 354 valence electrons. The molecule has 0 spiro atoms. The van der Waals surface area contributed by atoms with E-state index < -0.39 is 47.4 Å². The van der Waals surface area contributed by atoms with Gasteiger partial charge in [-0.1, -0.05) is 68.8 Å². The normalized spacial score (nSPS) is 17.2. The average molecular weight is 970 g/mol. The van der Waals surface area contributed by atoms with Gasteiger partial charge < -0.3 is 31.3 Å². The van der Waals surface area contributed by atoms with Crippen molar-refractivity contribution in [1.29, 1.82) is 0 Å². The number of likely N-dealkylation sites (tertiary alicyclic amines) is 1. The van der Waals surface area contributed by atoms with Gasteiger partial charge in [-0.15, -0.1) is 32.9 Å². The Morgan fingerprint density at radius 3 is 2.22 bits per heavy atom. The highest BCUT2D eigenvalue weighted by atomic mass is 35.5. The molecule has 67 heavy (non-hydrogen) atoms. The second-order valence-electron chi connectivity index (χ2n) is 18.1. The maximum absolute atomic E-state index is 14.0. The molecule has 19 heteroatoms. The van der Waals surface area contributed by atoms with E-state index >= 15 is 0 Å². The standard InChI is InChI=1S/C48H57ClN10O6S2/c1-26-28(3)67-47-40(26)41(31-13-15-33(49)16-14-31)54-35(44-57-56-29(4)59(44)47)22-39(63)51-20-8-19-50-37(61)17-18-38(62)55-43(48(5,6)7)46(65)58-24-34(60)21-36(58)45(64)52-23-30-9-11-32(12-10-30)42-27(2)53-25-66-42/h9-16,25,34-36,43,60H,8,17-24H2,1-7H3,(H,50,61)(H,51,63)(H,52,64)(H,55,62)/t34-,35+,36+,43-/m1/s1. The molecular formula is C48H57ClN10O6S2. The molecule has 5 amide bonds. The number of benzene rings is 2. The number of aliphatic hydroxyl groups excluding tert-OH is 1. The molecule has 0 unspecified atom stereocenters. The minimum atomic E-state index is -1.02. The number of hydrogen-bond acceptors (Lipinski definition) is 12. The number of rotatable bonds is 16. The molecule has 5 N–H and O–H groups in total. The lowest BCUT2D eigenvalue weighted by molar-refractivity contribution is -0.144. The van der Waals surface area contributed by atoms with Gasteiger partial charge in [0, 0.05) is 66.5 Å². The first-order chi connectivity index (χ1) is 31.9. The SMILES string of the molecule is Cc1ncsc1-c1ccc(CNC(=O)[C@@H]2C[C@@H](O)CN2C(=O)[C@@H](NC(=O)CCC(=O)NCCCNC(=O)C[C@@H]2N=C(c3ccc(Cl)cc3)c3c(sc(C)c3C)-n3c(C)nnc32)C(C)(C)C)cc1. The van der Waals surface area contributed by atoms with E-state index in [-0.39, 0.29) is 63.7 Å². The highest BCUT2D eigenvalue weighted by Gasteiger charge is 2.44. The summed E-state index contributed by atoms with van der Waals surface area (Å²) in [7, 11) is 0. The number of aliphatic imine (C=N–C) groups is 1. The average Bonchev–Trinajstić information content (AvgIpc) is 4.06. The maximum Gasteiger partial charge on any atom is 0.246 e. The molecule has 2 aromatic carbocycles. The topological polar surface area (TPSA) is 213 Å². The zero-order valence-corrected chi connectivity index (χ0v) is 41.1. The highest BCUT2D eigenvalue weighted by molar-refractivity contribution is 7.15. The van der Waals surface area contributed by atoms with Crippen LogP contribution in [0.25, 0.3) is 15.4 Å². The summed E-state index contributed by atoms with van der Waals surface area (Å²) in [6.45, 7) is 14.1. The second-order valence-corrected chi connectivity index (χ2v) is 20.6. The Morgan fingerprint density at radius 1 is 0.881 bits per heavy atom. The molecule has 3 aromatic heterocycles. The largest absolute Gasteiger partial charge is 0.391 e. The summed E-state index contributed by atoms with van der Waals surface area (Å²) in [6, 6.07) is 12.7. The van der Waals surface area contributed by atoms with Gasteiger partial charge in [-0.05, 0) is 68.4 Å². The number of fused-ring (bicyclic) bond motifs is 3. The number of hydrogen-bond donors (Lipinski definition) is 5. The van der Waals surface area contributed by atoms with Crippen molar-refractivity contribution in [1.82, 2.24) is 45.9 Å². The number of thiazole rings is 1. The van der Waals surface area contributed by atoms with E-state index in [0.717, 1.165) is 54.0 Å². The summed E-state index contributed by atoms with van der Waals surface area (Å²) in [4.78, 5) is 79.9. The van der Waals surface area contributed by atoms with Crippen LogP contribution >= 0.6 is 34.3 Å². The Labute approximate surface area is 403 Å². The molecular weight excluding hydrogens is 912 g/mol. The molecule has 16 nitrogen and oxygen atoms in total. The van der Waals surface area contributed by atoms with Crippen molar-refractivity contribution in [3.05, 3.63) is 104 Å². The van der Waals surface area contributed by atoms with Crippen molar-refractivity contribution in [2.45, 2.75) is 111 Å². The van der Waals surface area contributed by atoms with Crippen molar-refractivity contribution in [2.75, 3.05) is 19.6 Å². The first-order valence-electron chi connectivity index (χ1n) is 22.3. The fraction of sp³-hybridized carbons (Fsp3) is 0.438. The first kappa shape index (κ1) is 49.1.